The van der Waals surface area contributed by atoms with Gasteiger partial charge in [-0.3, -0.25) is 9.25 Å². The maximum atomic E-state index is 4.48. The van der Waals surface area contributed by atoms with Crippen molar-refractivity contribution in [2.24, 2.45) is 7.05 Å². The van der Waals surface area contributed by atoms with Gasteiger partial charge in [0.15, 0.2) is 0 Å². The predicted molar refractivity (Wildman–Crippen MR) is 109 cm³/mol. The first kappa shape index (κ1) is 17.5. The Bertz CT molecular complexity index is 1060. The molecule has 0 aliphatic carbocycles. The van der Waals surface area contributed by atoms with E-state index in [2.05, 4.69) is 64.1 Å². The zero-order valence-corrected chi connectivity index (χ0v) is 16.1. The molecule has 4 aromatic rings. The molecular formula is C22H25N5. The quantitative estimate of drug-likeness (QED) is 0.534. The Morgan fingerprint density at radius 1 is 1.00 bits per heavy atom. The zero-order chi connectivity index (χ0) is 18.8. The molecule has 4 rings (SSSR count). The molecule has 2 heterocycles. The van der Waals surface area contributed by atoms with Crippen LogP contribution in [0.2, 0.25) is 0 Å². The molecule has 0 fully saturated rings. The van der Waals surface area contributed by atoms with Gasteiger partial charge >= 0.3 is 0 Å². The van der Waals surface area contributed by atoms with Crippen molar-refractivity contribution in [3.05, 3.63) is 77.4 Å². The first-order chi connectivity index (χ1) is 13.1. The minimum atomic E-state index is 0.864. The predicted octanol–water partition coefficient (Wildman–Crippen LogP) is 3.71. The molecule has 0 bridgehead atoms. The van der Waals surface area contributed by atoms with E-state index < -0.39 is 0 Å². The van der Waals surface area contributed by atoms with Gasteiger partial charge in [-0.15, -0.1) is 0 Å². The first-order valence-corrected chi connectivity index (χ1v) is 9.34. The van der Waals surface area contributed by atoms with Crippen LogP contribution in [-0.4, -0.2) is 25.9 Å². The van der Waals surface area contributed by atoms with E-state index in [9.17, 15) is 0 Å². The average Bonchev–Trinajstić information content (AvgIpc) is 3.21. The standard InChI is InChI=1S/C22H25N5/c1-16-20(17(2)26(3)25-16)12-13-23-14-18-8-10-19(11-9-18)27-15-24-21-6-4-5-7-22(21)27/h4-11,15,23H,12-14H2,1-3H3. The molecule has 2 aromatic heterocycles. The van der Waals surface area contributed by atoms with E-state index in [1.807, 2.05) is 36.3 Å². The maximum absolute atomic E-state index is 4.48. The van der Waals surface area contributed by atoms with Crippen molar-refractivity contribution in [2.75, 3.05) is 6.54 Å². The summed E-state index contributed by atoms with van der Waals surface area (Å²) < 4.78 is 4.09. The fraction of sp³-hybridized carbons (Fsp3) is 0.273. The third-order valence-corrected chi connectivity index (χ3v) is 5.21. The van der Waals surface area contributed by atoms with Crippen LogP contribution in [0, 0.1) is 13.8 Å². The highest BCUT2D eigenvalue weighted by molar-refractivity contribution is 5.77. The summed E-state index contributed by atoms with van der Waals surface area (Å²) in [5.74, 6) is 0. The summed E-state index contributed by atoms with van der Waals surface area (Å²) in [6.45, 7) is 6.03. The fourth-order valence-corrected chi connectivity index (χ4v) is 3.56. The van der Waals surface area contributed by atoms with Crippen molar-refractivity contribution in [1.82, 2.24) is 24.6 Å². The summed E-state index contributed by atoms with van der Waals surface area (Å²) in [5.41, 5.74) is 8.30. The SMILES string of the molecule is Cc1nn(C)c(C)c1CCNCc1ccc(-n2cnc3ccccc32)cc1. The molecule has 5 heteroatoms. The zero-order valence-electron chi connectivity index (χ0n) is 16.1. The van der Waals surface area contributed by atoms with Gasteiger partial charge < -0.3 is 5.32 Å². The van der Waals surface area contributed by atoms with Crippen molar-refractivity contribution in [3.63, 3.8) is 0 Å². The van der Waals surface area contributed by atoms with E-state index in [-0.39, 0.29) is 0 Å². The lowest BCUT2D eigenvalue weighted by Gasteiger charge is -2.08. The lowest BCUT2D eigenvalue weighted by atomic mass is 10.1. The molecule has 1 N–H and O–H groups in total. The van der Waals surface area contributed by atoms with Gasteiger partial charge in [0.2, 0.25) is 0 Å². The van der Waals surface area contributed by atoms with Crippen LogP contribution in [0.5, 0.6) is 0 Å². The highest BCUT2D eigenvalue weighted by Gasteiger charge is 2.08. The molecule has 0 saturated heterocycles. The van der Waals surface area contributed by atoms with E-state index in [1.54, 1.807) is 0 Å². The van der Waals surface area contributed by atoms with Gasteiger partial charge in [-0.05, 0) is 62.2 Å². The van der Waals surface area contributed by atoms with Crippen LogP contribution in [0.3, 0.4) is 0 Å². The largest absolute Gasteiger partial charge is 0.312 e. The summed E-state index contributed by atoms with van der Waals surface area (Å²) >= 11 is 0. The van der Waals surface area contributed by atoms with Gasteiger partial charge in [-0.2, -0.15) is 5.10 Å². The van der Waals surface area contributed by atoms with E-state index in [1.165, 1.54) is 16.8 Å². The van der Waals surface area contributed by atoms with Crippen LogP contribution in [0.25, 0.3) is 16.7 Å². The Morgan fingerprint density at radius 2 is 1.78 bits per heavy atom. The lowest BCUT2D eigenvalue weighted by Crippen LogP contribution is -2.17. The molecule has 0 amide bonds. The Balaban J connectivity index is 1.37. The third-order valence-electron chi connectivity index (χ3n) is 5.21. The molecular weight excluding hydrogens is 334 g/mol. The van der Waals surface area contributed by atoms with Crippen molar-refractivity contribution < 1.29 is 0 Å². The highest BCUT2D eigenvalue weighted by Crippen LogP contribution is 2.18. The molecule has 0 radical (unpaired) electrons. The molecule has 0 unspecified atom stereocenters. The number of fused-ring (bicyclic) bond motifs is 1. The van der Waals surface area contributed by atoms with Gasteiger partial charge in [-0.25, -0.2) is 4.98 Å². The Hall–Kier alpha value is -2.92. The Kier molecular flexibility index (Phi) is 4.77. The van der Waals surface area contributed by atoms with E-state index in [0.717, 1.165) is 41.9 Å². The minimum Gasteiger partial charge on any atom is -0.312 e. The first-order valence-electron chi connectivity index (χ1n) is 9.34. The number of nitrogens with zero attached hydrogens (tertiary/aromatic N) is 4. The number of aromatic nitrogens is 4. The number of hydrogen-bond donors (Lipinski definition) is 1. The van der Waals surface area contributed by atoms with Gasteiger partial charge in [0.1, 0.15) is 6.33 Å². The van der Waals surface area contributed by atoms with E-state index in [4.69, 9.17) is 0 Å². The van der Waals surface area contributed by atoms with Crippen LogP contribution in [0.1, 0.15) is 22.5 Å². The monoisotopic (exact) mass is 359 g/mol. The van der Waals surface area contributed by atoms with Gasteiger partial charge in [-0.1, -0.05) is 24.3 Å². The third kappa shape index (κ3) is 3.51. The number of imidazole rings is 1. The smallest absolute Gasteiger partial charge is 0.100 e. The van der Waals surface area contributed by atoms with E-state index in [0.29, 0.717) is 0 Å². The van der Waals surface area contributed by atoms with Crippen LogP contribution < -0.4 is 5.32 Å². The minimum absolute atomic E-state index is 0.864. The summed E-state index contributed by atoms with van der Waals surface area (Å²) in [6.07, 6.45) is 2.89. The molecule has 5 nitrogen and oxygen atoms in total. The Morgan fingerprint density at radius 3 is 2.52 bits per heavy atom. The normalized spacial score (nSPS) is 11.4. The maximum Gasteiger partial charge on any atom is 0.100 e. The molecule has 2 aromatic carbocycles. The molecule has 0 atom stereocenters. The van der Waals surface area contributed by atoms with Crippen molar-refractivity contribution in [3.8, 4) is 5.69 Å². The number of rotatable bonds is 6. The summed E-state index contributed by atoms with van der Waals surface area (Å²) in [5, 5.41) is 8.03. The molecule has 0 aliphatic heterocycles. The fourth-order valence-electron chi connectivity index (χ4n) is 3.56. The van der Waals surface area contributed by atoms with Gasteiger partial charge in [0, 0.05) is 25.0 Å². The molecule has 0 aliphatic rings. The van der Waals surface area contributed by atoms with Crippen LogP contribution in [-0.2, 0) is 20.0 Å². The van der Waals surface area contributed by atoms with Crippen LogP contribution in [0.4, 0.5) is 0 Å². The second kappa shape index (κ2) is 7.37. The second-order valence-electron chi connectivity index (χ2n) is 6.97. The Labute approximate surface area is 159 Å². The summed E-state index contributed by atoms with van der Waals surface area (Å²) in [4.78, 5) is 4.47. The molecule has 0 saturated carbocycles. The van der Waals surface area contributed by atoms with Gasteiger partial charge in [0.25, 0.3) is 0 Å². The number of aryl methyl sites for hydroxylation is 2. The highest BCUT2D eigenvalue weighted by atomic mass is 15.3. The second-order valence-corrected chi connectivity index (χ2v) is 6.97. The van der Waals surface area contributed by atoms with E-state index >= 15 is 0 Å². The summed E-state index contributed by atoms with van der Waals surface area (Å²) in [7, 11) is 2.00. The van der Waals surface area contributed by atoms with Crippen LogP contribution >= 0.6 is 0 Å². The molecule has 0 spiro atoms. The summed E-state index contributed by atoms with van der Waals surface area (Å²) in [6, 6.07) is 16.9. The average molecular weight is 359 g/mol. The molecule has 27 heavy (non-hydrogen) atoms. The van der Waals surface area contributed by atoms with Crippen molar-refractivity contribution >= 4 is 11.0 Å². The topological polar surface area (TPSA) is 47.7 Å². The molecule has 138 valence electrons. The van der Waals surface area contributed by atoms with Crippen molar-refractivity contribution in [2.45, 2.75) is 26.8 Å². The number of benzene rings is 2. The number of para-hydroxylation sites is 2. The number of hydrogen-bond acceptors (Lipinski definition) is 3. The van der Waals surface area contributed by atoms with Crippen LogP contribution in [0.15, 0.2) is 54.9 Å². The lowest BCUT2D eigenvalue weighted by molar-refractivity contribution is 0.682. The van der Waals surface area contributed by atoms with Gasteiger partial charge in [0.05, 0.1) is 16.7 Å². The number of nitrogens with one attached hydrogen (secondary N) is 1. The van der Waals surface area contributed by atoms with Crippen molar-refractivity contribution in [1.29, 1.82) is 0 Å².